The van der Waals surface area contributed by atoms with Crippen molar-refractivity contribution < 1.29 is 24.2 Å². The van der Waals surface area contributed by atoms with Gasteiger partial charge in [-0.25, -0.2) is 9.79 Å². The first-order valence-electron chi connectivity index (χ1n) is 8.05. The average molecular weight is 397 g/mol. The highest BCUT2D eigenvalue weighted by Gasteiger charge is 2.24. The quantitative estimate of drug-likeness (QED) is 0.640. The molecule has 1 saturated heterocycles. The van der Waals surface area contributed by atoms with Crippen LogP contribution in [0.1, 0.15) is 15.9 Å². The number of thioether (sulfide) groups is 1. The van der Waals surface area contributed by atoms with Crippen LogP contribution in [0, 0.1) is 0 Å². The molecule has 2 amide bonds. The molecule has 2 aromatic rings. The number of primary amides is 1. The van der Waals surface area contributed by atoms with Gasteiger partial charge in [0.2, 0.25) is 0 Å². The van der Waals surface area contributed by atoms with E-state index in [1.165, 1.54) is 12.1 Å². The number of hydrogen-bond donors (Lipinski definition) is 3. The highest BCUT2D eigenvalue weighted by Crippen LogP contribution is 2.29. The average Bonchev–Trinajstić information content (AvgIpc) is 2.99. The molecule has 4 N–H and O–H groups in total. The van der Waals surface area contributed by atoms with Gasteiger partial charge in [-0.15, -0.1) is 0 Å². The molecule has 142 valence electrons. The van der Waals surface area contributed by atoms with Crippen molar-refractivity contribution >= 4 is 46.5 Å². The zero-order valence-corrected chi connectivity index (χ0v) is 15.2. The lowest BCUT2D eigenvalue weighted by Gasteiger charge is -2.04. The Kier molecular flexibility index (Phi) is 5.75. The van der Waals surface area contributed by atoms with E-state index in [0.717, 1.165) is 11.8 Å². The van der Waals surface area contributed by atoms with Gasteiger partial charge in [-0.2, -0.15) is 0 Å². The summed E-state index contributed by atoms with van der Waals surface area (Å²) in [7, 11) is 0. The van der Waals surface area contributed by atoms with Crippen LogP contribution in [0.25, 0.3) is 6.08 Å². The Hall–Kier alpha value is -3.59. The van der Waals surface area contributed by atoms with Gasteiger partial charge in [0.25, 0.3) is 11.8 Å². The Morgan fingerprint density at radius 3 is 2.75 bits per heavy atom. The number of hydrogen-bond acceptors (Lipinski definition) is 6. The smallest absolute Gasteiger partial charge is 0.335 e. The van der Waals surface area contributed by atoms with Crippen molar-refractivity contribution in [2.75, 3.05) is 6.61 Å². The molecule has 28 heavy (non-hydrogen) atoms. The maximum Gasteiger partial charge on any atom is 0.335 e. The number of carbonyl (C=O) groups excluding carboxylic acids is 2. The molecule has 2 aromatic carbocycles. The molecule has 1 fully saturated rings. The number of aromatic carboxylic acids is 1. The van der Waals surface area contributed by atoms with Gasteiger partial charge in [-0.3, -0.25) is 9.59 Å². The van der Waals surface area contributed by atoms with Gasteiger partial charge < -0.3 is 20.9 Å². The number of rotatable bonds is 6. The molecule has 0 bridgehead atoms. The molecule has 0 atom stereocenters. The summed E-state index contributed by atoms with van der Waals surface area (Å²) in [6.07, 6.45) is 1.66. The first-order valence-corrected chi connectivity index (χ1v) is 8.86. The number of aliphatic imine (C=N–C) groups is 1. The van der Waals surface area contributed by atoms with Crippen molar-refractivity contribution in [3.8, 4) is 5.75 Å². The number of ether oxygens (including phenoxy) is 1. The van der Waals surface area contributed by atoms with Gasteiger partial charge in [0.1, 0.15) is 5.75 Å². The summed E-state index contributed by atoms with van der Waals surface area (Å²) >= 11 is 1.13. The van der Waals surface area contributed by atoms with Crippen LogP contribution in [-0.4, -0.2) is 34.7 Å². The van der Waals surface area contributed by atoms with E-state index < -0.39 is 11.9 Å². The van der Waals surface area contributed by atoms with Crippen LogP contribution in [0.2, 0.25) is 0 Å². The molecule has 3 rings (SSSR count). The number of nitrogens with zero attached hydrogens (tertiary/aromatic N) is 1. The lowest BCUT2D eigenvalue weighted by Crippen LogP contribution is -2.20. The van der Waals surface area contributed by atoms with E-state index in [4.69, 9.17) is 15.6 Å². The summed E-state index contributed by atoms with van der Waals surface area (Å²) in [5.74, 6) is -1.50. The predicted molar refractivity (Wildman–Crippen MR) is 105 cm³/mol. The molecule has 0 aromatic heterocycles. The third kappa shape index (κ3) is 4.98. The largest absolute Gasteiger partial charge is 0.484 e. The first-order chi connectivity index (χ1) is 13.4. The Bertz CT molecular complexity index is 1020. The van der Waals surface area contributed by atoms with E-state index in [2.05, 4.69) is 10.3 Å². The Labute approximate surface area is 164 Å². The molecule has 0 radical (unpaired) electrons. The molecular formula is C19H15N3O5S. The summed E-state index contributed by atoms with van der Waals surface area (Å²) in [6, 6.07) is 13.0. The minimum atomic E-state index is -1.05. The molecule has 0 unspecified atom stereocenters. The monoisotopic (exact) mass is 397 g/mol. The second-order valence-corrected chi connectivity index (χ2v) is 6.70. The summed E-state index contributed by atoms with van der Waals surface area (Å²) in [4.78, 5) is 38.7. The van der Waals surface area contributed by atoms with Gasteiger partial charge in [-0.1, -0.05) is 18.2 Å². The molecule has 0 spiro atoms. The molecule has 8 nitrogen and oxygen atoms in total. The lowest BCUT2D eigenvalue weighted by molar-refractivity contribution is -0.120. The van der Waals surface area contributed by atoms with Gasteiger partial charge in [-0.05, 0) is 53.7 Å². The van der Waals surface area contributed by atoms with Crippen LogP contribution < -0.4 is 15.8 Å². The van der Waals surface area contributed by atoms with Gasteiger partial charge in [0, 0.05) is 0 Å². The van der Waals surface area contributed by atoms with Crippen LogP contribution in [0.5, 0.6) is 5.75 Å². The number of carboxylic acid groups (broad SMARTS) is 1. The number of carboxylic acids is 1. The van der Waals surface area contributed by atoms with Crippen LogP contribution in [0.15, 0.2) is 58.4 Å². The number of benzene rings is 2. The molecule has 1 heterocycles. The maximum atomic E-state index is 12.2. The standard InChI is InChI=1S/C19H15N3O5S/c20-16(23)10-27-14-6-1-3-11(7-14)8-15-17(24)22-19(28-15)21-13-5-2-4-12(9-13)18(25)26/h1-9H,10H2,(H2,20,23)(H,25,26)(H,21,22,24)/b15-8+. The fraction of sp³-hybridized carbons (Fsp3) is 0.0526. The lowest BCUT2D eigenvalue weighted by atomic mass is 10.2. The Morgan fingerprint density at radius 1 is 1.21 bits per heavy atom. The number of amidine groups is 1. The van der Waals surface area contributed by atoms with Gasteiger partial charge >= 0.3 is 5.97 Å². The highest BCUT2D eigenvalue weighted by molar-refractivity contribution is 8.18. The van der Waals surface area contributed by atoms with E-state index >= 15 is 0 Å². The van der Waals surface area contributed by atoms with E-state index in [0.29, 0.717) is 27.1 Å². The van der Waals surface area contributed by atoms with E-state index in [1.54, 1.807) is 42.5 Å². The van der Waals surface area contributed by atoms with Gasteiger partial charge in [0.05, 0.1) is 16.2 Å². The third-order valence-electron chi connectivity index (χ3n) is 3.51. The van der Waals surface area contributed by atoms with E-state index in [-0.39, 0.29) is 18.1 Å². The zero-order chi connectivity index (χ0) is 20.1. The van der Waals surface area contributed by atoms with E-state index in [9.17, 15) is 14.4 Å². The number of amides is 2. The van der Waals surface area contributed by atoms with Crippen LogP contribution >= 0.6 is 11.8 Å². The summed E-state index contributed by atoms with van der Waals surface area (Å²) < 4.78 is 5.25. The molecule has 1 aliphatic heterocycles. The SMILES string of the molecule is NC(=O)COc1cccc(/C=C2/SC(=Nc3cccc(C(=O)O)c3)NC2=O)c1. The van der Waals surface area contributed by atoms with Crippen molar-refractivity contribution in [3.05, 3.63) is 64.6 Å². The molecule has 0 aliphatic carbocycles. The Balaban J connectivity index is 1.77. The number of nitrogens with one attached hydrogen (secondary N) is 1. The second kappa shape index (κ2) is 8.40. The minimum Gasteiger partial charge on any atom is -0.484 e. The van der Waals surface area contributed by atoms with Crippen LogP contribution in [0.4, 0.5) is 5.69 Å². The first kappa shape index (κ1) is 19.2. The predicted octanol–water partition coefficient (Wildman–Crippen LogP) is 2.14. The number of carbonyl (C=O) groups is 3. The van der Waals surface area contributed by atoms with Crippen LogP contribution in [-0.2, 0) is 9.59 Å². The van der Waals surface area contributed by atoms with Crippen molar-refractivity contribution in [1.82, 2.24) is 5.32 Å². The molecule has 9 heteroatoms. The maximum absolute atomic E-state index is 12.2. The fourth-order valence-corrected chi connectivity index (χ4v) is 3.15. The van der Waals surface area contributed by atoms with Crippen molar-refractivity contribution in [2.45, 2.75) is 0 Å². The van der Waals surface area contributed by atoms with E-state index in [1.807, 2.05) is 0 Å². The van der Waals surface area contributed by atoms with Crippen LogP contribution in [0.3, 0.4) is 0 Å². The topological polar surface area (TPSA) is 131 Å². The zero-order valence-electron chi connectivity index (χ0n) is 14.4. The Morgan fingerprint density at radius 2 is 2.00 bits per heavy atom. The summed E-state index contributed by atoms with van der Waals surface area (Å²) in [6.45, 7) is -0.235. The number of nitrogens with two attached hydrogens (primary N) is 1. The second-order valence-electron chi connectivity index (χ2n) is 5.66. The highest BCUT2D eigenvalue weighted by atomic mass is 32.2. The minimum absolute atomic E-state index is 0.111. The van der Waals surface area contributed by atoms with Crippen molar-refractivity contribution in [3.63, 3.8) is 0 Å². The molecule has 1 aliphatic rings. The summed E-state index contributed by atoms with van der Waals surface area (Å²) in [5.41, 5.74) is 6.29. The van der Waals surface area contributed by atoms with Crippen molar-refractivity contribution in [1.29, 1.82) is 0 Å². The molecular weight excluding hydrogens is 382 g/mol. The fourth-order valence-electron chi connectivity index (χ4n) is 2.31. The molecule has 0 saturated carbocycles. The summed E-state index contributed by atoms with van der Waals surface area (Å²) in [5, 5.41) is 12.0. The van der Waals surface area contributed by atoms with Crippen molar-refractivity contribution in [2.24, 2.45) is 10.7 Å². The third-order valence-corrected chi connectivity index (χ3v) is 4.42. The normalized spacial score (nSPS) is 16.2. The van der Waals surface area contributed by atoms with Gasteiger partial charge in [0.15, 0.2) is 11.8 Å².